The minimum Gasteiger partial charge on any atom is -0.378 e. The summed E-state index contributed by atoms with van der Waals surface area (Å²) in [6.07, 6.45) is 2.01. The lowest BCUT2D eigenvalue weighted by Crippen LogP contribution is -2.38. The zero-order valence-electron chi connectivity index (χ0n) is 15.0. The number of non-ortho nitro benzene ring substituents is 1. The van der Waals surface area contributed by atoms with Gasteiger partial charge in [0.2, 0.25) is 0 Å². The van der Waals surface area contributed by atoms with E-state index < -0.39 is 4.92 Å². The van der Waals surface area contributed by atoms with Crippen molar-refractivity contribution in [2.75, 3.05) is 37.5 Å². The number of anilines is 1. The van der Waals surface area contributed by atoms with Gasteiger partial charge in [0.15, 0.2) is 0 Å². The quantitative estimate of drug-likeness (QED) is 0.466. The highest BCUT2D eigenvalue weighted by Crippen LogP contribution is 2.26. The van der Waals surface area contributed by atoms with E-state index in [1.54, 1.807) is 17.8 Å². The van der Waals surface area contributed by atoms with Crippen LogP contribution in [0, 0.1) is 10.1 Å². The Hall–Kier alpha value is -2.58. The number of nitro benzene ring substituents is 1. The number of thioether (sulfide) groups is 1. The van der Waals surface area contributed by atoms with Gasteiger partial charge < -0.3 is 15.0 Å². The van der Waals surface area contributed by atoms with Crippen LogP contribution in [-0.4, -0.2) is 43.4 Å². The molecular formula is C19H21N3O4S. The Morgan fingerprint density at radius 2 is 1.93 bits per heavy atom. The van der Waals surface area contributed by atoms with Crippen molar-refractivity contribution in [1.29, 1.82) is 0 Å². The maximum atomic E-state index is 12.8. The van der Waals surface area contributed by atoms with Crippen molar-refractivity contribution in [3.63, 3.8) is 0 Å². The Kier molecular flexibility index (Phi) is 6.31. The number of morpholine rings is 1. The third-order valence-electron chi connectivity index (χ3n) is 4.40. The topological polar surface area (TPSA) is 84.7 Å². The van der Waals surface area contributed by atoms with E-state index in [4.69, 9.17) is 4.74 Å². The zero-order chi connectivity index (χ0) is 19.2. The third kappa shape index (κ3) is 4.78. The lowest BCUT2D eigenvalue weighted by Gasteiger charge is -2.30. The summed E-state index contributed by atoms with van der Waals surface area (Å²) in [7, 11) is 0. The van der Waals surface area contributed by atoms with E-state index >= 15 is 0 Å². The molecule has 27 heavy (non-hydrogen) atoms. The average Bonchev–Trinajstić information content (AvgIpc) is 2.72. The number of hydrogen-bond donors (Lipinski definition) is 1. The summed E-state index contributed by atoms with van der Waals surface area (Å²) in [5.74, 6) is -0.325. The lowest BCUT2D eigenvalue weighted by atomic mass is 10.1. The Bertz CT molecular complexity index is 820. The fourth-order valence-corrected chi connectivity index (χ4v) is 3.33. The van der Waals surface area contributed by atoms with E-state index in [1.807, 2.05) is 35.4 Å². The predicted octanol–water partition coefficient (Wildman–Crippen LogP) is 3.08. The van der Waals surface area contributed by atoms with Crippen LogP contribution in [0.3, 0.4) is 0 Å². The molecule has 3 rings (SSSR count). The first kappa shape index (κ1) is 19.2. The number of carbonyl (C=O) groups excluding carboxylic acids is 1. The summed E-state index contributed by atoms with van der Waals surface area (Å²) in [4.78, 5) is 26.6. The molecule has 8 heteroatoms. The second-order valence-electron chi connectivity index (χ2n) is 6.09. The number of nitro groups is 1. The molecule has 1 aliphatic heterocycles. The van der Waals surface area contributed by atoms with Crippen LogP contribution in [0.1, 0.15) is 15.9 Å². The van der Waals surface area contributed by atoms with Gasteiger partial charge in [0.25, 0.3) is 11.6 Å². The van der Waals surface area contributed by atoms with Crippen LogP contribution in [0.4, 0.5) is 11.4 Å². The maximum absolute atomic E-state index is 12.8. The molecule has 0 radical (unpaired) electrons. The Labute approximate surface area is 161 Å². The molecule has 1 N–H and O–H groups in total. The number of amides is 1. The van der Waals surface area contributed by atoms with Crippen molar-refractivity contribution in [1.82, 2.24) is 5.32 Å². The van der Waals surface area contributed by atoms with Crippen LogP contribution >= 0.6 is 11.8 Å². The van der Waals surface area contributed by atoms with Gasteiger partial charge in [-0.15, -0.1) is 11.8 Å². The minimum atomic E-state index is -0.485. The second kappa shape index (κ2) is 8.88. The highest BCUT2D eigenvalue weighted by molar-refractivity contribution is 7.98. The van der Waals surface area contributed by atoms with E-state index in [1.165, 1.54) is 12.1 Å². The second-order valence-corrected chi connectivity index (χ2v) is 6.97. The molecule has 1 aliphatic rings. The van der Waals surface area contributed by atoms with Crippen molar-refractivity contribution in [3.05, 3.63) is 63.7 Å². The number of rotatable bonds is 6. The van der Waals surface area contributed by atoms with Gasteiger partial charge in [-0.05, 0) is 30.0 Å². The molecule has 0 unspecified atom stereocenters. The molecule has 0 saturated carbocycles. The van der Waals surface area contributed by atoms with Gasteiger partial charge in [-0.2, -0.15) is 0 Å². The van der Waals surface area contributed by atoms with Crippen molar-refractivity contribution >= 4 is 29.0 Å². The standard InChI is InChI=1S/C19H21N3O4S/c1-27-16-5-2-14(3-6-16)13-20-19(23)17-12-15(22(24)25)4-7-18(17)21-8-10-26-11-9-21/h2-7,12H,8-11,13H2,1H3,(H,20,23). The number of benzene rings is 2. The number of nitrogens with one attached hydrogen (secondary N) is 1. The van der Waals surface area contributed by atoms with E-state index in [0.717, 1.165) is 10.5 Å². The summed E-state index contributed by atoms with van der Waals surface area (Å²) in [5.41, 5.74) is 1.88. The maximum Gasteiger partial charge on any atom is 0.270 e. The lowest BCUT2D eigenvalue weighted by molar-refractivity contribution is -0.384. The molecule has 2 aromatic rings. The molecule has 0 atom stereocenters. The van der Waals surface area contributed by atoms with Crippen molar-refractivity contribution in [3.8, 4) is 0 Å². The molecule has 1 fully saturated rings. The van der Waals surface area contributed by atoms with Gasteiger partial charge >= 0.3 is 0 Å². The van der Waals surface area contributed by atoms with Crippen molar-refractivity contribution < 1.29 is 14.5 Å². The summed E-state index contributed by atoms with van der Waals surface area (Å²) in [6, 6.07) is 12.3. The van der Waals surface area contributed by atoms with E-state index in [9.17, 15) is 14.9 Å². The molecule has 1 heterocycles. The van der Waals surface area contributed by atoms with Crippen molar-refractivity contribution in [2.45, 2.75) is 11.4 Å². The fraction of sp³-hybridized carbons (Fsp3) is 0.316. The molecular weight excluding hydrogens is 366 g/mol. The van der Waals surface area contributed by atoms with Crippen LogP contribution in [0.2, 0.25) is 0 Å². The Morgan fingerprint density at radius 1 is 1.22 bits per heavy atom. The highest BCUT2D eigenvalue weighted by atomic mass is 32.2. The molecule has 1 amide bonds. The van der Waals surface area contributed by atoms with Crippen LogP contribution in [0.15, 0.2) is 47.4 Å². The number of carbonyl (C=O) groups is 1. The van der Waals surface area contributed by atoms with Crippen LogP contribution in [0.25, 0.3) is 0 Å². The fourth-order valence-electron chi connectivity index (χ4n) is 2.92. The van der Waals surface area contributed by atoms with Gasteiger partial charge in [0.05, 0.1) is 29.4 Å². The van der Waals surface area contributed by atoms with Gasteiger partial charge in [0, 0.05) is 36.7 Å². The van der Waals surface area contributed by atoms with E-state index in [2.05, 4.69) is 5.32 Å². The summed E-state index contributed by atoms with van der Waals surface area (Å²) < 4.78 is 5.36. The molecule has 142 valence electrons. The largest absolute Gasteiger partial charge is 0.378 e. The van der Waals surface area contributed by atoms with Gasteiger partial charge in [-0.25, -0.2) is 0 Å². The van der Waals surface area contributed by atoms with Crippen molar-refractivity contribution in [2.24, 2.45) is 0 Å². The van der Waals surface area contributed by atoms with Crippen LogP contribution in [-0.2, 0) is 11.3 Å². The number of hydrogen-bond acceptors (Lipinski definition) is 6. The molecule has 1 saturated heterocycles. The van der Waals surface area contributed by atoms with Gasteiger partial charge in [-0.3, -0.25) is 14.9 Å². The first-order valence-electron chi connectivity index (χ1n) is 8.61. The first-order valence-corrected chi connectivity index (χ1v) is 9.83. The van der Waals surface area contributed by atoms with Crippen LogP contribution in [0.5, 0.6) is 0 Å². The SMILES string of the molecule is CSc1ccc(CNC(=O)c2cc([N+](=O)[O-])ccc2N2CCOCC2)cc1. The molecule has 0 aliphatic carbocycles. The molecule has 7 nitrogen and oxygen atoms in total. The van der Waals surface area contributed by atoms with Gasteiger partial charge in [0.1, 0.15) is 0 Å². The van der Waals surface area contributed by atoms with E-state index in [-0.39, 0.29) is 11.6 Å². The molecule has 0 spiro atoms. The van der Waals surface area contributed by atoms with Gasteiger partial charge in [-0.1, -0.05) is 12.1 Å². The summed E-state index contributed by atoms with van der Waals surface area (Å²) >= 11 is 1.65. The molecule has 0 bridgehead atoms. The first-order chi connectivity index (χ1) is 13.1. The zero-order valence-corrected chi connectivity index (χ0v) is 15.8. The summed E-state index contributed by atoms with van der Waals surface area (Å²) in [6.45, 7) is 2.79. The third-order valence-corrected chi connectivity index (χ3v) is 5.14. The predicted molar refractivity (Wildman–Crippen MR) is 106 cm³/mol. The number of ether oxygens (including phenoxy) is 1. The average molecular weight is 387 g/mol. The highest BCUT2D eigenvalue weighted by Gasteiger charge is 2.22. The van der Waals surface area contributed by atoms with Crippen LogP contribution < -0.4 is 10.2 Å². The normalized spacial score (nSPS) is 14.0. The molecule has 2 aromatic carbocycles. The number of nitrogens with zero attached hydrogens (tertiary/aromatic N) is 2. The monoisotopic (exact) mass is 387 g/mol. The smallest absolute Gasteiger partial charge is 0.270 e. The van der Waals surface area contributed by atoms with E-state index in [0.29, 0.717) is 44.1 Å². The Morgan fingerprint density at radius 3 is 2.56 bits per heavy atom. The Balaban J connectivity index is 1.79. The molecule has 0 aromatic heterocycles. The minimum absolute atomic E-state index is 0.0958. The summed E-state index contributed by atoms with van der Waals surface area (Å²) in [5, 5.41) is 14.0.